The summed E-state index contributed by atoms with van der Waals surface area (Å²) in [6, 6.07) is 16.5. The van der Waals surface area contributed by atoms with Gasteiger partial charge in [0.25, 0.3) is 5.91 Å². The van der Waals surface area contributed by atoms with Gasteiger partial charge in [0.2, 0.25) is 0 Å². The Morgan fingerprint density at radius 3 is 1.86 bits per heavy atom. The molecule has 0 bridgehead atoms. The number of hydrogen-bond donors (Lipinski definition) is 2. The first-order valence-electron chi connectivity index (χ1n) is 17.3. The molecule has 0 aromatic heterocycles. The Morgan fingerprint density at radius 2 is 1.23 bits per heavy atom. The maximum atomic E-state index is 13.3. The van der Waals surface area contributed by atoms with E-state index in [2.05, 4.69) is 47.9 Å². The molecule has 2 rings (SSSR count). The Kier molecular flexibility index (Phi) is 19.0. The molecule has 0 aliphatic rings. The van der Waals surface area contributed by atoms with Crippen molar-refractivity contribution in [2.45, 2.75) is 136 Å². The van der Waals surface area contributed by atoms with Gasteiger partial charge in [0.15, 0.2) is 0 Å². The smallest absolute Gasteiger partial charge is 0.407 e. The van der Waals surface area contributed by atoms with Crippen LogP contribution in [0.25, 0.3) is 0 Å². The quantitative estimate of drug-likeness (QED) is 0.123. The summed E-state index contributed by atoms with van der Waals surface area (Å²) in [5, 5.41) is 5.91. The van der Waals surface area contributed by atoms with E-state index < -0.39 is 5.60 Å². The number of hydrogen-bond acceptors (Lipinski definition) is 4. The summed E-state index contributed by atoms with van der Waals surface area (Å²) in [5.41, 5.74) is 2.58. The highest BCUT2D eigenvalue weighted by atomic mass is 16.6. The third-order valence-corrected chi connectivity index (χ3v) is 7.65. The molecule has 0 spiro atoms. The highest BCUT2D eigenvalue weighted by Crippen LogP contribution is 2.22. The molecule has 0 saturated heterocycles. The van der Waals surface area contributed by atoms with Gasteiger partial charge in [-0.15, -0.1) is 0 Å². The van der Waals surface area contributed by atoms with Crippen LogP contribution in [0.1, 0.15) is 139 Å². The number of carbonyl (C=O) groups excluding carboxylic acids is 2. The largest absolute Gasteiger partial charge is 0.493 e. The molecule has 0 heterocycles. The molecule has 0 aliphatic carbocycles. The van der Waals surface area contributed by atoms with E-state index in [9.17, 15) is 9.59 Å². The molecule has 0 aliphatic heterocycles. The van der Waals surface area contributed by atoms with E-state index in [1.165, 1.54) is 63.4 Å². The van der Waals surface area contributed by atoms with Gasteiger partial charge in [-0.2, -0.15) is 0 Å². The van der Waals surface area contributed by atoms with Gasteiger partial charge in [-0.1, -0.05) is 114 Å². The van der Waals surface area contributed by atoms with Crippen LogP contribution in [0.4, 0.5) is 4.79 Å². The Labute approximate surface area is 268 Å². The van der Waals surface area contributed by atoms with Gasteiger partial charge in [-0.05, 0) is 76.1 Å². The molecule has 6 nitrogen and oxygen atoms in total. The maximum Gasteiger partial charge on any atom is 0.407 e. The van der Waals surface area contributed by atoms with Crippen LogP contribution in [0.15, 0.2) is 48.5 Å². The van der Waals surface area contributed by atoms with E-state index in [0.29, 0.717) is 31.0 Å². The van der Waals surface area contributed by atoms with E-state index in [0.717, 1.165) is 50.5 Å². The molecule has 2 aromatic rings. The first kappa shape index (κ1) is 37.2. The molecular weight excluding hydrogens is 548 g/mol. The SMILES string of the molecule is CCCCCCCCCCCCOc1ccc(CCc2ccccc2)cc1C(=O)NCCCCCCNC(=O)OC(C)(C)C. The molecule has 0 unspecified atom stereocenters. The number of nitrogens with one attached hydrogen (secondary N) is 2. The lowest BCUT2D eigenvalue weighted by molar-refractivity contribution is 0.0526. The number of carbonyl (C=O) groups is 2. The van der Waals surface area contributed by atoms with E-state index >= 15 is 0 Å². The summed E-state index contributed by atoms with van der Waals surface area (Å²) in [7, 11) is 0. The van der Waals surface area contributed by atoms with Crippen molar-refractivity contribution in [3.63, 3.8) is 0 Å². The van der Waals surface area contributed by atoms with E-state index in [1.54, 1.807) is 0 Å². The summed E-state index contributed by atoms with van der Waals surface area (Å²) in [5.74, 6) is 0.603. The minimum Gasteiger partial charge on any atom is -0.493 e. The van der Waals surface area contributed by atoms with Crippen molar-refractivity contribution in [1.29, 1.82) is 0 Å². The van der Waals surface area contributed by atoms with Crippen LogP contribution < -0.4 is 15.4 Å². The number of amides is 2. The fourth-order valence-corrected chi connectivity index (χ4v) is 5.15. The van der Waals surface area contributed by atoms with Crippen LogP contribution in [0.5, 0.6) is 5.75 Å². The second-order valence-electron chi connectivity index (χ2n) is 12.9. The van der Waals surface area contributed by atoms with Crippen molar-refractivity contribution in [1.82, 2.24) is 10.6 Å². The zero-order chi connectivity index (χ0) is 31.9. The van der Waals surface area contributed by atoms with Crippen molar-refractivity contribution in [3.05, 3.63) is 65.2 Å². The first-order chi connectivity index (χ1) is 21.3. The van der Waals surface area contributed by atoms with Crippen LogP contribution in [-0.4, -0.2) is 37.3 Å². The third kappa shape index (κ3) is 17.9. The molecule has 0 atom stereocenters. The standard InChI is InChI=1S/C38H60N2O4/c1-5-6-7-8-9-10-11-12-15-21-30-43-35-27-26-33(25-24-32-22-17-16-18-23-32)31-34(35)36(41)39-28-19-13-14-20-29-40-37(42)44-38(2,3)4/h16-18,22-23,26-27,31H,5-15,19-21,24-25,28-30H2,1-4H3,(H,39,41)(H,40,42). The lowest BCUT2D eigenvalue weighted by atomic mass is 10.0. The number of rotatable bonds is 23. The average Bonchev–Trinajstić information content (AvgIpc) is 3.00. The summed E-state index contributed by atoms with van der Waals surface area (Å²) < 4.78 is 11.4. The zero-order valence-electron chi connectivity index (χ0n) is 28.2. The highest BCUT2D eigenvalue weighted by Gasteiger charge is 2.16. The predicted octanol–water partition coefficient (Wildman–Crippen LogP) is 9.59. The van der Waals surface area contributed by atoms with Gasteiger partial charge in [0.1, 0.15) is 11.4 Å². The molecule has 0 fully saturated rings. The molecular formula is C38H60N2O4. The molecule has 246 valence electrons. The first-order valence-corrected chi connectivity index (χ1v) is 17.3. The Hall–Kier alpha value is -3.02. The van der Waals surface area contributed by atoms with Crippen LogP contribution in [0, 0.1) is 0 Å². The van der Waals surface area contributed by atoms with Gasteiger partial charge < -0.3 is 20.1 Å². The monoisotopic (exact) mass is 608 g/mol. The number of alkyl carbamates (subject to hydrolysis) is 1. The lowest BCUT2D eigenvalue weighted by Crippen LogP contribution is -2.33. The van der Waals surface area contributed by atoms with Gasteiger partial charge in [0.05, 0.1) is 12.2 Å². The molecule has 2 aromatic carbocycles. The number of benzene rings is 2. The fourth-order valence-electron chi connectivity index (χ4n) is 5.15. The van der Waals surface area contributed by atoms with E-state index in [1.807, 2.05) is 39.0 Å². The summed E-state index contributed by atoms with van der Waals surface area (Å²) in [6.07, 6.45) is 18.0. The zero-order valence-corrected chi connectivity index (χ0v) is 28.2. The Morgan fingerprint density at radius 1 is 0.659 bits per heavy atom. The number of unbranched alkanes of at least 4 members (excludes halogenated alkanes) is 12. The number of ether oxygens (including phenoxy) is 2. The summed E-state index contributed by atoms with van der Waals surface area (Å²) >= 11 is 0. The van der Waals surface area contributed by atoms with Crippen molar-refractivity contribution in [3.8, 4) is 5.75 Å². The molecule has 2 N–H and O–H groups in total. The van der Waals surface area contributed by atoms with Crippen LogP contribution in [-0.2, 0) is 17.6 Å². The minimum atomic E-state index is -0.485. The third-order valence-electron chi connectivity index (χ3n) is 7.65. The van der Waals surface area contributed by atoms with Crippen molar-refractivity contribution in [2.75, 3.05) is 19.7 Å². The number of aryl methyl sites for hydroxylation is 2. The van der Waals surface area contributed by atoms with E-state index in [-0.39, 0.29) is 12.0 Å². The summed E-state index contributed by atoms with van der Waals surface area (Å²) in [4.78, 5) is 25.0. The van der Waals surface area contributed by atoms with Crippen molar-refractivity contribution < 1.29 is 19.1 Å². The van der Waals surface area contributed by atoms with Gasteiger partial charge in [-0.25, -0.2) is 4.79 Å². The van der Waals surface area contributed by atoms with Crippen LogP contribution in [0.2, 0.25) is 0 Å². The Bertz CT molecular complexity index is 1050. The van der Waals surface area contributed by atoms with Gasteiger partial charge in [-0.3, -0.25) is 4.79 Å². The molecule has 0 radical (unpaired) electrons. The average molecular weight is 609 g/mol. The predicted molar refractivity (Wildman–Crippen MR) is 183 cm³/mol. The topological polar surface area (TPSA) is 76.7 Å². The normalized spacial score (nSPS) is 11.3. The highest BCUT2D eigenvalue weighted by molar-refractivity contribution is 5.97. The van der Waals surface area contributed by atoms with Crippen LogP contribution in [0.3, 0.4) is 0 Å². The summed E-state index contributed by atoms with van der Waals surface area (Å²) in [6.45, 7) is 9.68. The molecule has 44 heavy (non-hydrogen) atoms. The molecule has 2 amide bonds. The Balaban J connectivity index is 1.76. The van der Waals surface area contributed by atoms with Crippen molar-refractivity contribution in [2.24, 2.45) is 0 Å². The molecule has 0 saturated carbocycles. The minimum absolute atomic E-state index is 0.0729. The second kappa shape index (κ2) is 22.5. The lowest BCUT2D eigenvalue weighted by Gasteiger charge is -2.19. The maximum absolute atomic E-state index is 13.3. The second-order valence-corrected chi connectivity index (χ2v) is 12.9. The fraction of sp³-hybridized carbons (Fsp3) is 0.632. The van der Waals surface area contributed by atoms with Crippen LogP contribution >= 0.6 is 0 Å². The van der Waals surface area contributed by atoms with Gasteiger partial charge in [0, 0.05) is 13.1 Å². The molecule has 6 heteroatoms. The van der Waals surface area contributed by atoms with E-state index in [4.69, 9.17) is 9.47 Å². The van der Waals surface area contributed by atoms with Gasteiger partial charge >= 0.3 is 6.09 Å². The van der Waals surface area contributed by atoms with Crippen molar-refractivity contribution >= 4 is 12.0 Å².